The molecule has 78 valence electrons. The lowest BCUT2D eigenvalue weighted by atomic mass is 10.2. The fourth-order valence-corrected chi connectivity index (χ4v) is 1.86. The number of pyridine rings is 1. The first-order valence-corrected chi connectivity index (χ1v) is 5.77. The average Bonchev–Trinajstić information content (AvgIpc) is 2.26. The van der Waals surface area contributed by atoms with Crippen LogP contribution in [0.15, 0.2) is 34.9 Å². The van der Waals surface area contributed by atoms with Crippen molar-refractivity contribution in [3.05, 3.63) is 34.9 Å². The third-order valence-corrected chi connectivity index (χ3v) is 2.83. The Morgan fingerprint density at radius 3 is 3.00 bits per heavy atom. The molecule has 2 nitrogen and oxygen atoms in total. The Labute approximate surface area is 97.4 Å². The Morgan fingerprint density at radius 2 is 2.20 bits per heavy atom. The van der Waals surface area contributed by atoms with E-state index in [9.17, 15) is 0 Å². The summed E-state index contributed by atoms with van der Waals surface area (Å²) >= 11 is 3.49. The van der Waals surface area contributed by atoms with Crippen molar-refractivity contribution in [3.8, 4) is 5.75 Å². The number of fused-ring (bicyclic) bond motifs is 1. The Balaban J connectivity index is 2.39. The van der Waals surface area contributed by atoms with Crippen LogP contribution in [-0.4, -0.2) is 11.6 Å². The van der Waals surface area contributed by atoms with Crippen LogP contribution in [0.1, 0.15) is 13.3 Å². The van der Waals surface area contributed by atoms with E-state index < -0.39 is 0 Å². The summed E-state index contributed by atoms with van der Waals surface area (Å²) in [6, 6.07) is 7.91. The van der Waals surface area contributed by atoms with Crippen LogP contribution in [0.2, 0.25) is 0 Å². The van der Waals surface area contributed by atoms with E-state index in [1.807, 2.05) is 24.3 Å². The maximum absolute atomic E-state index is 5.55. The topological polar surface area (TPSA) is 22.1 Å². The number of aromatic nitrogens is 1. The Hall–Kier alpha value is -1.09. The summed E-state index contributed by atoms with van der Waals surface area (Å²) in [5.74, 6) is 0.884. The molecule has 2 aromatic rings. The highest BCUT2D eigenvalue weighted by molar-refractivity contribution is 9.10. The molecule has 0 saturated heterocycles. The van der Waals surface area contributed by atoms with E-state index in [0.717, 1.165) is 34.2 Å². The van der Waals surface area contributed by atoms with Crippen molar-refractivity contribution in [2.75, 3.05) is 6.61 Å². The average molecular weight is 266 g/mol. The smallest absolute Gasteiger partial charge is 0.121 e. The molecule has 2 rings (SSSR count). The van der Waals surface area contributed by atoms with Crippen LogP contribution in [-0.2, 0) is 0 Å². The number of nitrogens with zero attached hydrogens (tertiary/aromatic N) is 1. The van der Waals surface area contributed by atoms with Gasteiger partial charge >= 0.3 is 0 Å². The molecule has 0 aliphatic heterocycles. The molecule has 0 spiro atoms. The van der Waals surface area contributed by atoms with Crippen LogP contribution in [0.25, 0.3) is 10.9 Å². The largest absolute Gasteiger partial charge is 0.494 e. The number of rotatable bonds is 3. The van der Waals surface area contributed by atoms with Gasteiger partial charge in [0.25, 0.3) is 0 Å². The van der Waals surface area contributed by atoms with Crippen molar-refractivity contribution < 1.29 is 4.74 Å². The fraction of sp³-hybridized carbons (Fsp3) is 0.250. The molecule has 0 atom stereocenters. The molecule has 15 heavy (non-hydrogen) atoms. The minimum atomic E-state index is 0.750. The second kappa shape index (κ2) is 4.62. The molecule has 3 heteroatoms. The monoisotopic (exact) mass is 265 g/mol. The van der Waals surface area contributed by atoms with Gasteiger partial charge in [0.15, 0.2) is 0 Å². The molecule has 0 fully saturated rings. The van der Waals surface area contributed by atoms with Gasteiger partial charge in [0.05, 0.1) is 12.1 Å². The molecule has 0 bridgehead atoms. The highest BCUT2D eigenvalue weighted by Gasteiger charge is 2.00. The summed E-state index contributed by atoms with van der Waals surface area (Å²) in [5, 5.41) is 1.11. The Kier molecular flexibility index (Phi) is 3.21. The lowest BCUT2D eigenvalue weighted by Crippen LogP contribution is -1.94. The first-order valence-electron chi connectivity index (χ1n) is 4.98. The highest BCUT2D eigenvalue weighted by Crippen LogP contribution is 2.25. The lowest BCUT2D eigenvalue weighted by Gasteiger charge is -2.05. The number of benzene rings is 1. The predicted molar refractivity (Wildman–Crippen MR) is 65.2 cm³/mol. The van der Waals surface area contributed by atoms with Crippen molar-refractivity contribution in [1.82, 2.24) is 4.98 Å². The Morgan fingerprint density at radius 1 is 1.33 bits per heavy atom. The van der Waals surface area contributed by atoms with Crippen LogP contribution in [0.3, 0.4) is 0 Å². The zero-order valence-corrected chi connectivity index (χ0v) is 10.1. The van der Waals surface area contributed by atoms with Crippen molar-refractivity contribution in [2.24, 2.45) is 0 Å². The van der Waals surface area contributed by atoms with E-state index in [1.165, 1.54) is 0 Å². The number of hydrogen-bond acceptors (Lipinski definition) is 2. The molecule has 0 N–H and O–H groups in total. The predicted octanol–water partition coefficient (Wildman–Crippen LogP) is 3.79. The molecule has 0 unspecified atom stereocenters. The van der Waals surface area contributed by atoms with E-state index in [0.29, 0.717) is 0 Å². The summed E-state index contributed by atoms with van der Waals surface area (Å²) in [6.45, 7) is 2.84. The second-order valence-corrected chi connectivity index (χ2v) is 4.17. The highest BCUT2D eigenvalue weighted by atomic mass is 79.9. The molecule has 0 radical (unpaired) electrons. The standard InChI is InChI=1S/C12H12BrNO/c1-2-7-15-9-3-4-10-11(13)5-6-14-12(10)8-9/h3-6,8H,2,7H2,1H3. The summed E-state index contributed by atoms with van der Waals surface area (Å²) in [5.41, 5.74) is 0.956. The summed E-state index contributed by atoms with van der Waals surface area (Å²) < 4.78 is 6.61. The van der Waals surface area contributed by atoms with Gasteiger partial charge in [-0.3, -0.25) is 4.98 Å². The van der Waals surface area contributed by atoms with E-state index in [-0.39, 0.29) is 0 Å². The molecule has 1 aromatic heterocycles. The van der Waals surface area contributed by atoms with Crippen molar-refractivity contribution in [2.45, 2.75) is 13.3 Å². The maximum atomic E-state index is 5.55. The van der Waals surface area contributed by atoms with Gasteiger partial charge in [0, 0.05) is 22.1 Å². The number of ether oxygens (including phenoxy) is 1. The molecule has 1 aromatic carbocycles. The first-order chi connectivity index (χ1) is 7.31. The summed E-state index contributed by atoms with van der Waals surface area (Å²) in [6.07, 6.45) is 2.81. The summed E-state index contributed by atoms with van der Waals surface area (Å²) in [7, 11) is 0. The molecule has 0 saturated carbocycles. The van der Waals surface area contributed by atoms with Gasteiger partial charge in [-0.1, -0.05) is 22.9 Å². The van der Waals surface area contributed by atoms with Crippen LogP contribution in [0.4, 0.5) is 0 Å². The normalized spacial score (nSPS) is 10.5. The molecule has 0 aliphatic rings. The van der Waals surface area contributed by atoms with Crippen molar-refractivity contribution in [1.29, 1.82) is 0 Å². The minimum absolute atomic E-state index is 0.750. The van der Waals surface area contributed by atoms with Gasteiger partial charge in [-0.2, -0.15) is 0 Å². The first kappa shape index (κ1) is 10.4. The van der Waals surface area contributed by atoms with E-state index in [4.69, 9.17) is 4.74 Å². The van der Waals surface area contributed by atoms with Gasteiger partial charge in [-0.05, 0) is 24.6 Å². The van der Waals surface area contributed by atoms with Gasteiger partial charge in [-0.15, -0.1) is 0 Å². The van der Waals surface area contributed by atoms with E-state index in [1.54, 1.807) is 6.20 Å². The molecule has 0 amide bonds. The SMILES string of the molecule is CCCOc1ccc2c(Br)ccnc2c1. The van der Waals surface area contributed by atoms with E-state index >= 15 is 0 Å². The summed E-state index contributed by atoms with van der Waals surface area (Å²) in [4.78, 5) is 4.30. The zero-order valence-electron chi connectivity index (χ0n) is 8.53. The quantitative estimate of drug-likeness (QED) is 0.843. The molecular formula is C12H12BrNO. The Bertz CT molecular complexity index is 470. The van der Waals surface area contributed by atoms with Crippen LogP contribution in [0.5, 0.6) is 5.75 Å². The van der Waals surface area contributed by atoms with Gasteiger partial charge in [0.1, 0.15) is 5.75 Å². The van der Waals surface area contributed by atoms with Gasteiger partial charge in [-0.25, -0.2) is 0 Å². The van der Waals surface area contributed by atoms with Gasteiger partial charge in [0.2, 0.25) is 0 Å². The third-order valence-electron chi connectivity index (χ3n) is 2.13. The van der Waals surface area contributed by atoms with Crippen LogP contribution >= 0.6 is 15.9 Å². The van der Waals surface area contributed by atoms with Crippen molar-refractivity contribution >= 4 is 26.8 Å². The lowest BCUT2D eigenvalue weighted by molar-refractivity contribution is 0.318. The fourth-order valence-electron chi connectivity index (χ4n) is 1.40. The number of halogens is 1. The molecule has 0 aliphatic carbocycles. The number of hydrogen-bond donors (Lipinski definition) is 0. The van der Waals surface area contributed by atoms with Crippen LogP contribution < -0.4 is 4.74 Å². The molecular weight excluding hydrogens is 254 g/mol. The second-order valence-electron chi connectivity index (χ2n) is 3.32. The zero-order chi connectivity index (χ0) is 10.7. The van der Waals surface area contributed by atoms with E-state index in [2.05, 4.69) is 27.8 Å². The van der Waals surface area contributed by atoms with Crippen molar-refractivity contribution in [3.63, 3.8) is 0 Å². The van der Waals surface area contributed by atoms with Gasteiger partial charge < -0.3 is 4.74 Å². The van der Waals surface area contributed by atoms with Crippen LogP contribution in [0, 0.1) is 0 Å². The maximum Gasteiger partial charge on any atom is 0.121 e. The molecule has 1 heterocycles. The third kappa shape index (κ3) is 2.29. The minimum Gasteiger partial charge on any atom is -0.494 e.